The first-order valence-electron chi connectivity index (χ1n) is 13.5. The van der Waals surface area contributed by atoms with Crippen molar-refractivity contribution in [2.24, 2.45) is 10.9 Å². The molecule has 2 N–H and O–H groups in total. The molecule has 0 unspecified atom stereocenters. The third kappa shape index (κ3) is 11.3. The number of pyridine rings is 2. The standard InChI is InChI=1S/C22H22N4O.C6H14O.C4H8/c1-14(2)12-23-13-16(4)19-11-17-9-10-24-22(27)20(17)21(26-19)25-18-7-5-15(3)6-8-18;1-3-5-7-6-4-2;1-4-2-3-4/h5-13H,1H2,2-4H3,(H,24,27)(H,25,26);3-6H2,1-2H3;4H,2-3H2,1H3/b16-13+,23-12?;;. The molecule has 2 aromatic heterocycles. The number of aromatic amines is 1. The van der Waals surface area contributed by atoms with Crippen molar-refractivity contribution in [1.82, 2.24) is 9.97 Å². The number of aliphatic imine (C=N–C) groups is 1. The van der Waals surface area contributed by atoms with E-state index in [1.807, 2.05) is 57.2 Å². The molecule has 6 nitrogen and oxygen atoms in total. The molecular weight excluding hydrogens is 472 g/mol. The first-order chi connectivity index (χ1) is 18.2. The molecule has 1 fully saturated rings. The van der Waals surface area contributed by atoms with Gasteiger partial charge in [-0.3, -0.25) is 9.79 Å². The lowest BCUT2D eigenvalue weighted by Crippen LogP contribution is -2.09. The van der Waals surface area contributed by atoms with Gasteiger partial charge in [0.05, 0.1) is 11.1 Å². The van der Waals surface area contributed by atoms with Gasteiger partial charge in [-0.15, -0.1) is 0 Å². The van der Waals surface area contributed by atoms with Gasteiger partial charge < -0.3 is 15.0 Å². The van der Waals surface area contributed by atoms with Crippen LogP contribution in [0.5, 0.6) is 0 Å². The fraction of sp³-hybridized carbons (Fsp3) is 0.406. The summed E-state index contributed by atoms with van der Waals surface area (Å²) in [6, 6.07) is 11.7. The Morgan fingerprint density at radius 3 is 2.34 bits per heavy atom. The Morgan fingerprint density at radius 1 is 1.16 bits per heavy atom. The van der Waals surface area contributed by atoms with Crippen molar-refractivity contribution in [2.75, 3.05) is 18.5 Å². The van der Waals surface area contributed by atoms with Gasteiger partial charge in [-0.1, -0.05) is 57.9 Å². The van der Waals surface area contributed by atoms with Gasteiger partial charge >= 0.3 is 0 Å². The van der Waals surface area contributed by atoms with Gasteiger partial charge in [0, 0.05) is 37.5 Å². The third-order valence-corrected chi connectivity index (χ3v) is 5.60. The number of allylic oxidation sites excluding steroid dienone is 2. The van der Waals surface area contributed by atoms with Crippen molar-refractivity contribution in [3.63, 3.8) is 0 Å². The zero-order valence-electron chi connectivity index (χ0n) is 23.9. The molecule has 1 aliphatic rings. The minimum Gasteiger partial charge on any atom is -0.381 e. The molecule has 204 valence electrons. The lowest BCUT2D eigenvalue weighted by Gasteiger charge is -2.11. The van der Waals surface area contributed by atoms with E-state index in [-0.39, 0.29) is 5.56 Å². The van der Waals surface area contributed by atoms with Crippen LogP contribution in [0.3, 0.4) is 0 Å². The molecule has 0 amide bonds. The van der Waals surface area contributed by atoms with E-state index in [0.29, 0.717) is 11.2 Å². The summed E-state index contributed by atoms with van der Waals surface area (Å²) in [4.78, 5) is 24.0. The van der Waals surface area contributed by atoms with Crippen LogP contribution in [0.15, 0.2) is 70.7 Å². The highest BCUT2D eigenvalue weighted by Crippen LogP contribution is 2.27. The molecule has 0 bridgehead atoms. The van der Waals surface area contributed by atoms with E-state index < -0.39 is 0 Å². The van der Waals surface area contributed by atoms with Crippen molar-refractivity contribution in [3.05, 3.63) is 82.6 Å². The second kappa shape index (κ2) is 16.4. The van der Waals surface area contributed by atoms with Crippen LogP contribution in [0.4, 0.5) is 11.5 Å². The SMILES string of the molecule is C=C(C)C=N/C=C(\C)c1cc2cc[nH]c(=O)c2c(Nc2ccc(C)cc2)n1.CC1CC1.CCCOCCC. The summed E-state index contributed by atoms with van der Waals surface area (Å²) in [5.74, 6) is 1.60. The normalized spacial score (nSPS) is 12.9. The second-order valence-corrected chi connectivity index (χ2v) is 9.85. The van der Waals surface area contributed by atoms with Gasteiger partial charge in [0.15, 0.2) is 0 Å². The van der Waals surface area contributed by atoms with Crippen LogP contribution in [0.25, 0.3) is 16.3 Å². The third-order valence-electron chi connectivity index (χ3n) is 5.60. The van der Waals surface area contributed by atoms with E-state index in [1.165, 1.54) is 18.4 Å². The Hall–Kier alpha value is -3.51. The van der Waals surface area contributed by atoms with Gasteiger partial charge in [0.25, 0.3) is 5.56 Å². The van der Waals surface area contributed by atoms with Crippen LogP contribution in [0.2, 0.25) is 0 Å². The molecule has 0 radical (unpaired) electrons. The first kappa shape index (κ1) is 30.7. The summed E-state index contributed by atoms with van der Waals surface area (Å²) >= 11 is 0. The van der Waals surface area contributed by atoms with Crippen LogP contribution in [0, 0.1) is 12.8 Å². The largest absolute Gasteiger partial charge is 0.381 e. The van der Waals surface area contributed by atoms with Crippen molar-refractivity contribution in [3.8, 4) is 0 Å². The number of hydrogen-bond donors (Lipinski definition) is 2. The first-order valence-corrected chi connectivity index (χ1v) is 13.5. The number of nitrogens with zero attached hydrogens (tertiary/aromatic N) is 2. The van der Waals surface area contributed by atoms with E-state index in [9.17, 15) is 4.79 Å². The summed E-state index contributed by atoms with van der Waals surface area (Å²) in [5, 5.41) is 4.62. The topological polar surface area (TPSA) is 79.4 Å². The number of H-pyrrole nitrogens is 1. The highest BCUT2D eigenvalue weighted by Gasteiger charge is 2.13. The van der Waals surface area contributed by atoms with Gasteiger partial charge in [0.1, 0.15) is 5.82 Å². The van der Waals surface area contributed by atoms with Crippen molar-refractivity contribution < 1.29 is 4.74 Å². The highest BCUT2D eigenvalue weighted by molar-refractivity contribution is 5.94. The predicted octanol–water partition coefficient (Wildman–Crippen LogP) is 8.22. The van der Waals surface area contributed by atoms with Crippen molar-refractivity contribution in [1.29, 1.82) is 0 Å². The smallest absolute Gasteiger partial charge is 0.259 e. The summed E-state index contributed by atoms with van der Waals surface area (Å²) < 4.78 is 5.13. The van der Waals surface area contributed by atoms with Gasteiger partial charge in [-0.25, -0.2) is 4.98 Å². The van der Waals surface area contributed by atoms with Gasteiger partial charge in [-0.2, -0.15) is 0 Å². The maximum absolute atomic E-state index is 12.4. The molecule has 1 aliphatic carbocycles. The molecule has 0 spiro atoms. The molecule has 1 saturated carbocycles. The minimum atomic E-state index is -0.178. The molecule has 0 saturated heterocycles. The Bertz CT molecular complexity index is 1260. The molecular formula is C32H44N4O2. The number of fused-ring (bicyclic) bond motifs is 1. The minimum absolute atomic E-state index is 0.178. The fourth-order valence-corrected chi connectivity index (χ4v) is 3.18. The number of aromatic nitrogens is 2. The molecule has 1 aromatic carbocycles. The Kier molecular flexibility index (Phi) is 13.2. The molecule has 38 heavy (non-hydrogen) atoms. The second-order valence-electron chi connectivity index (χ2n) is 9.85. The quantitative estimate of drug-likeness (QED) is 0.222. The predicted molar refractivity (Wildman–Crippen MR) is 164 cm³/mol. The molecule has 2 heterocycles. The lowest BCUT2D eigenvalue weighted by molar-refractivity contribution is 0.135. The summed E-state index contributed by atoms with van der Waals surface area (Å²) in [6.45, 7) is 18.0. The highest BCUT2D eigenvalue weighted by atomic mass is 16.5. The van der Waals surface area contributed by atoms with Crippen LogP contribution in [0.1, 0.15) is 71.6 Å². The van der Waals surface area contributed by atoms with Crippen molar-refractivity contribution in [2.45, 2.75) is 67.2 Å². The number of nitrogens with one attached hydrogen (secondary N) is 2. The molecule has 4 rings (SSSR count). The van der Waals surface area contributed by atoms with Crippen LogP contribution in [-0.2, 0) is 4.74 Å². The number of hydrogen-bond acceptors (Lipinski definition) is 5. The Labute approximate surface area is 228 Å². The summed E-state index contributed by atoms with van der Waals surface area (Å²) in [6.07, 6.45) is 10.3. The van der Waals surface area contributed by atoms with E-state index >= 15 is 0 Å². The Balaban J connectivity index is 0.000000383. The number of aryl methyl sites for hydroxylation is 1. The number of benzene rings is 1. The van der Waals surface area contributed by atoms with E-state index in [0.717, 1.165) is 59.9 Å². The van der Waals surface area contributed by atoms with Crippen LogP contribution >= 0.6 is 0 Å². The van der Waals surface area contributed by atoms with Crippen LogP contribution in [-0.4, -0.2) is 29.4 Å². The van der Waals surface area contributed by atoms with E-state index in [2.05, 4.69) is 47.6 Å². The zero-order valence-corrected chi connectivity index (χ0v) is 23.9. The molecule has 0 atom stereocenters. The van der Waals surface area contributed by atoms with Gasteiger partial charge in [-0.05, 0) is 80.3 Å². The fourth-order valence-electron chi connectivity index (χ4n) is 3.18. The van der Waals surface area contributed by atoms with E-state index in [1.54, 1.807) is 18.6 Å². The molecule has 6 heteroatoms. The molecule has 0 aliphatic heterocycles. The average molecular weight is 517 g/mol. The maximum Gasteiger partial charge on any atom is 0.259 e. The summed E-state index contributed by atoms with van der Waals surface area (Å²) in [7, 11) is 0. The zero-order chi connectivity index (χ0) is 27.9. The number of rotatable bonds is 9. The monoisotopic (exact) mass is 516 g/mol. The van der Waals surface area contributed by atoms with Crippen molar-refractivity contribution >= 4 is 34.1 Å². The average Bonchev–Trinajstić information content (AvgIpc) is 3.68. The van der Waals surface area contributed by atoms with Crippen LogP contribution < -0.4 is 10.9 Å². The van der Waals surface area contributed by atoms with Gasteiger partial charge in [0.2, 0.25) is 0 Å². The summed E-state index contributed by atoms with van der Waals surface area (Å²) in [5.41, 5.74) is 4.38. The molecule has 3 aromatic rings. The maximum atomic E-state index is 12.4. The lowest BCUT2D eigenvalue weighted by atomic mass is 10.1. The number of anilines is 2. The Morgan fingerprint density at radius 2 is 1.79 bits per heavy atom. The van der Waals surface area contributed by atoms with E-state index in [4.69, 9.17) is 4.74 Å². The number of ether oxygens (including phenoxy) is 1.